The van der Waals surface area contributed by atoms with E-state index in [1.165, 1.54) is 0 Å². The van der Waals surface area contributed by atoms with Crippen molar-refractivity contribution in [2.24, 2.45) is 11.8 Å². The molecule has 0 aromatic carbocycles. The van der Waals surface area contributed by atoms with Crippen LogP contribution in [0.1, 0.15) is 0 Å². The summed E-state index contributed by atoms with van der Waals surface area (Å²) in [5.41, 5.74) is 0. The fourth-order valence-electron chi connectivity index (χ4n) is 2.36. The summed E-state index contributed by atoms with van der Waals surface area (Å²) in [5.74, 6) is 1.70. The van der Waals surface area contributed by atoms with Gasteiger partial charge in [-0.05, 0) is 24.9 Å². The summed E-state index contributed by atoms with van der Waals surface area (Å²) < 4.78 is 0. The standard InChI is InChI=1S/C9H17N3O/c1-10-9(13)6-12-4-7-2-11-3-8(7)5-12/h7-8,11H,2-6H2,1H3,(H,10,13). The van der Waals surface area contributed by atoms with Crippen LogP contribution in [0.4, 0.5) is 0 Å². The van der Waals surface area contributed by atoms with Crippen LogP contribution in [0.5, 0.6) is 0 Å². The van der Waals surface area contributed by atoms with E-state index in [0.717, 1.165) is 38.0 Å². The van der Waals surface area contributed by atoms with E-state index in [9.17, 15) is 4.79 Å². The molecule has 0 spiro atoms. The molecule has 2 N–H and O–H groups in total. The maximum absolute atomic E-state index is 11.1. The van der Waals surface area contributed by atoms with Crippen molar-refractivity contribution >= 4 is 5.91 Å². The van der Waals surface area contributed by atoms with Crippen molar-refractivity contribution in [2.75, 3.05) is 39.8 Å². The Morgan fingerprint density at radius 3 is 2.62 bits per heavy atom. The molecule has 74 valence electrons. The van der Waals surface area contributed by atoms with Crippen molar-refractivity contribution in [3.63, 3.8) is 0 Å². The molecule has 0 aromatic heterocycles. The Labute approximate surface area is 78.7 Å². The van der Waals surface area contributed by atoms with Crippen LogP contribution in [-0.4, -0.2) is 50.6 Å². The lowest BCUT2D eigenvalue weighted by Gasteiger charge is -2.15. The fraction of sp³-hybridized carbons (Fsp3) is 0.889. The number of nitrogens with zero attached hydrogens (tertiary/aromatic N) is 1. The number of hydrogen-bond acceptors (Lipinski definition) is 3. The second-order valence-electron chi connectivity index (χ2n) is 4.05. The van der Waals surface area contributed by atoms with Gasteiger partial charge in [0.1, 0.15) is 0 Å². The Hall–Kier alpha value is -0.610. The van der Waals surface area contributed by atoms with E-state index in [1.807, 2.05) is 0 Å². The predicted octanol–water partition coefficient (Wildman–Crippen LogP) is -1.12. The summed E-state index contributed by atoms with van der Waals surface area (Å²) >= 11 is 0. The van der Waals surface area contributed by atoms with E-state index in [2.05, 4.69) is 15.5 Å². The smallest absolute Gasteiger partial charge is 0.233 e. The van der Waals surface area contributed by atoms with E-state index in [-0.39, 0.29) is 5.91 Å². The quantitative estimate of drug-likeness (QED) is 0.570. The third-order valence-electron chi connectivity index (χ3n) is 3.11. The van der Waals surface area contributed by atoms with Crippen LogP contribution in [0.3, 0.4) is 0 Å². The molecule has 2 rings (SSSR count). The van der Waals surface area contributed by atoms with Gasteiger partial charge in [0, 0.05) is 20.1 Å². The third kappa shape index (κ3) is 1.84. The summed E-state index contributed by atoms with van der Waals surface area (Å²) in [6.07, 6.45) is 0. The Kier molecular flexibility index (Phi) is 2.51. The zero-order valence-electron chi connectivity index (χ0n) is 8.05. The highest BCUT2D eigenvalue weighted by molar-refractivity contribution is 5.77. The van der Waals surface area contributed by atoms with E-state index in [0.29, 0.717) is 6.54 Å². The third-order valence-corrected chi connectivity index (χ3v) is 3.11. The van der Waals surface area contributed by atoms with Gasteiger partial charge in [0.25, 0.3) is 0 Å². The van der Waals surface area contributed by atoms with E-state index in [4.69, 9.17) is 0 Å². The first-order valence-electron chi connectivity index (χ1n) is 4.93. The van der Waals surface area contributed by atoms with Crippen molar-refractivity contribution in [2.45, 2.75) is 0 Å². The van der Waals surface area contributed by atoms with Crippen molar-refractivity contribution in [3.8, 4) is 0 Å². The minimum absolute atomic E-state index is 0.132. The number of likely N-dealkylation sites (tertiary alicyclic amines) is 1. The lowest BCUT2D eigenvalue weighted by Crippen LogP contribution is -2.35. The van der Waals surface area contributed by atoms with Crippen LogP contribution in [0.15, 0.2) is 0 Å². The highest BCUT2D eigenvalue weighted by Gasteiger charge is 2.36. The molecule has 0 radical (unpaired) electrons. The first-order chi connectivity index (χ1) is 6.29. The number of nitrogens with one attached hydrogen (secondary N) is 2. The van der Waals surface area contributed by atoms with Crippen LogP contribution >= 0.6 is 0 Å². The molecular weight excluding hydrogens is 166 g/mol. The number of carbonyl (C=O) groups is 1. The van der Waals surface area contributed by atoms with Gasteiger partial charge in [0.2, 0.25) is 5.91 Å². The molecule has 13 heavy (non-hydrogen) atoms. The van der Waals surface area contributed by atoms with E-state index >= 15 is 0 Å². The molecule has 2 aliphatic heterocycles. The topological polar surface area (TPSA) is 44.4 Å². The molecule has 2 fully saturated rings. The molecule has 2 heterocycles. The molecule has 4 heteroatoms. The first kappa shape index (κ1) is 8.97. The molecule has 2 aliphatic rings. The number of fused-ring (bicyclic) bond motifs is 1. The largest absolute Gasteiger partial charge is 0.358 e. The average Bonchev–Trinajstić information content (AvgIpc) is 2.63. The highest BCUT2D eigenvalue weighted by Crippen LogP contribution is 2.25. The average molecular weight is 183 g/mol. The molecule has 0 bridgehead atoms. The zero-order chi connectivity index (χ0) is 9.26. The zero-order valence-corrected chi connectivity index (χ0v) is 8.05. The highest BCUT2D eigenvalue weighted by atomic mass is 16.1. The van der Waals surface area contributed by atoms with Crippen molar-refractivity contribution in [3.05, 3.63) is 0 Å². The molecule has 0 saturated carbocycles. The molecular formula is C9H17N3O. The van der Waals surface area contributed by atoms with Gasteiger partial charge in [-0.25, -0.2) is 0 Å². The Morgan fingerprint density at radius 1 is 1.46 bits per heavy atom. The number of amides is 1. The van der Waals surface area contributed by atoms with E-state index < -0.39 is 0 Å². The van der Waals surface area contributed by atoms with Crippen LogP contribution in [0.2, 0.25) is 0 Å². The van der Waals surface area contributed by atoms with Gasteiger partial charge in [-0.15, -0.1) is 0 Å². The lowest BCUT2D eigenvalue weighted by atomic mass is 10.0. The summed E-state index contributed by atoms with van der Waals surface area (Å²) in [4.78, 5) is 13.4. The van der Waals surface area contributed by atoms with Crippen LogP contribution in [-0.2, 0) is 4.79 Å². The van der Waals surface area contributed by atoms with Crippen LogP contribution in [0, 0.1) is 11.8 Å². The first-order valence-corrected chi connectivity index (χ1v) is 4.93. The molecule has 1 amide bonds. The van der Waals surface area contributed by atoms with Crippen molar-refractivity contribution in [1.82, 2.24) is 15.5 Å². The normalized spacial score (nSPS) is 33.3. The summed E-state index contributed by atoms with van der Waals surface area (Å²) in [5, 5.41) is 6.05. The summed E-state index contributed by atoms with van der Waals surface area (Å²) in [6, 6.07) is 0. The van der Waals surface area contributed by atoms with Crippen LogP contribution < -0.4 is 10.6 Å². The Bertz CT molecular complexity index is 195. The van der Waals surface area contributed by atoms with Gasteiger partial charge in [0.05, 0.1) is 6.54 Å². The van der Waals surface area contributed by atoms with E-state index in [1.54, 1.807) is 7.05 Å². The number of rotatable bonds is 2. The SMILES string of the molecule is CNC(=O)CN1CC2CNCC2C1. The monoisotopic (exact) mass is 183 g/mol. The minimum atomic E-state index is 0.132. The maximum Gasteiger partial charge on any atom is 0.233 e. The summed E-state index contributed by atoms with van der Waals surface area (Å²) in [6.45, 7) is 5.02. The van der Waals surface area contributed by atoms with Gasteiger partial charge < -0.3 is 10.6 Å². The van der Waals surface area contributed by atoms with Crippen LogP contribution in [0.25, 0.3) is 0 Å². The van der Waals surface area contributed by atoms with Crippen molar-refractivity contribution < 1.29 is 4.79 Å². The molecule has 2 unspecified atom stereocenters. The molecule has 0 aromatic rings. The minimum Gasteiger partial charge on any atom is -0.358 e. The number of hydrogen-bond donors (Lipinski definition) is 2. The second-order valence-corrected chi connectivity index (χ2v) is 4.05. The lowest BCUT2D eigenvalue weighted by molar-refractivity contribution is -0.121. The van der Waals surface area contributed by atoms with Gasteiger partial charge in [-0.1, -0.05) is 0 Å². The Balaban J connectivity index is 1.82. The molecule has 4 nitrogen and oxygen atoms in total. The van der Waals surface area contributed by atoms with Gasteiger partial charge in [0.15, 0.2) is 0 Å². The second kappa shape index (κ2) is 3.64. The number of likely N-dealkylation sites (N-methyl/N-ethyl adjacent to an activating group) is 1. The van der Waals surface area contributed by atoms with Crippen molar-refractivity contribution in [1.29, 1.82) is 0 Å². The maximum atomic E-state index is 11.1. The summed E-state index contributed by atoms with van der Waals surface area (Å²) in [7, 11) is 1.70. The molecule has 2 atom stereocenters. The van der Waals surface area contributed by atoms with Gasteiger partial charge in [-0.2, -0.15) is 0 Å². The fourth-order valence-corrected chi connectivity index (χ4v) is 2.36. The molecule has 0 aliphatic carbocycles. The molecule has 2 saturated heterocycles. The van der Waals surface area contributed by atoms with Gasteiger partial charge >= 0.3 is 0 Å². The number of carbonyl (C=O) groups excluding carboxylic acids is 1. The van der Waals surface area contributed by atoms with Gasteiger partial charge in [-0.3, -0.25) is 9.69 Å². The Morgan fingerprint density at radius 2 is 2.08 bits per heavy atom. The predicted molar refractivity (Wildman–Crippen MR) is 50.4 cm³/mol.